The number of aromatic nitrogens is 2. The molecule has 0 spiro atoms. The van der Waals surface area contributed by atoms with Crippen LogP contribution in [-0.4, -0.2) is 16.6 Å². The first kappa shape index (κ1) is 7.77. The predicted octanol–water partition coefficient (Wildman–Crippen LogP) is 1.22. The largest absolute Gasteiger partial charge is 0.412 e. The van der Waals surface area contributed by atoms with Crippen molar-refractivity contribution in [1.82, 2.24) is 9.97 Å². The maximum Gasteiger partial charge on any atom is 0.388 e. The predicted molar refractivity (Wildman–Crippen MR) is 28.6 cm³/mol. The van der Waals surface area contributed by atoms with E-state index in [0.717, 1.165) is 12.4 Å². The number of ether oxygens (including phenoxy) is 1. The molecule has 0 unspecified atom stereocenters. The average molecular weight is 164 g/mol. The Morgan fingerprint density at radius 2 is 1.91 bits per heavy atom. The van der Waals surface area contributed by atoms with Gasteiger partial charge >= 0.3 is 6.61 Å². The van der Waals surface area contributed by atoms with Crippen LogP contribution in [0.1, 0.15) is 0 Å². The lowest BCUT2D eigenvalue weighted by molar-refractivity contribution is -0.0559. The van der Waals surface area contributed by atoms with E-state index in [1.54, 1.807) is 0 Å². The molecule has 0 atom stereocenters. The van der Waals surface area contributed by atoms with Crippen molar-refractivity contribution in [3.05, 3.63) is 18.3 Å². The Labute approximate surface area is 59.8 Å². The molecule has 0 radical (unpaired) electrons. The van der Waals surface area contributed by atoms with E-state index in [4.69, 9.17) is 0 Å². The van der Waals surface area contributed by atoms with Gasteiger partial charge in [0.05, 0.1) is 0 Å². The summed E-state index contributed by atoms with van der Waals surface area (Å²) < 4.78 is 38.9. The van der Waals surface area contributed by atoms with E-state index in [1.807, 2.05) is 0 Å². The highest BCUT2D eigenvalue weighted by Crippen LogP contribution is 2.11. The zero-order chi connectivity index (χ0) is 8.27. The molecular weight excluding hydrogens is 161 g/mol. The van der Waals surface area contributed by atoms with Gasteiger partial charge in [-0.1, -0.05) is 0 Å². The van der Waals surface area contributed by atoms with E-state index < -0.39 is 18.4 Å². The zero-order valence-corrected chi connectivity index (χ0v) is 5.17. The van der Waals surface area contributed by atoms with Crippen LogP contribution >= 0.6 is 0 Å². The van der Waals surface area contributed by atoms with Crippen molar-refractivity contribution < 1.29 is 17.9 Å². The lowest BCUT2D eigenvalue weighted by atomic mass is 10.7. The van der Waals surface area contributed by atoms with Crippen LogP contribution in [0.3, 0.4) is 0 Å². The molecule has 0 aliphatic carbocycles. The second kappa shape index (κ2) is 3.18. The minimum absolute atomic E-state index is 0.789. The SMILES string of the molecule is Fc1nccnc1OC(F)F. The molecule has 0 amide bonds. The third-order valence-electron chi connectivity index (χ3n) is 0.824. The Morgan fingerprint density at radius 3 is 2.45 bits per heavy atom. The lowest BCUT2D eigenvalue weighted by Crippen LogP contribution is -2.05. The average Bonchev–Trinajstić information content (AvgIpc) is 1.93. The molecule has 0 fully saturated rings. The van der Waals surface area contributed by atoms with Gasteiger partial charge < -0.3 is 4.74 Å². The number of hydrogen-bond donors (Lipinski definition) is 0. The maximum absolute atomic E-state index is 12.3. The number of rotatable bonds is 2. The molecule has 1 aromatic rings. The van der Waals surface area contributed by atoms with E-state index >= 15 is 0 Å². The summed E-state index contributed by atoms with van der Waals surface area (Å²) in [6.45, 7) is -3.08. The Hall–Kier alpha value is -1.33. The van der Waals surface area contributed by atoms with E-state index in [-0.39, 0.29) is 0 Å². The highest BCUT2D eigenvalue weighted by atomic mass is 19.3. The monoisotopic (exact) mass is 164 g/mol. The molecule has 0 N–H and O–H groups in total. The summed E-state index contributed by atoms with van der Waals surface area (Å²) in [5.74, 6) is -1.93. The number of nitrogens with zero attached hydrogens (tertiary/aromatic N) is 2. The standard InChI is InChI=1S/C5H3F3N2O/c6-3-4(11-5(7)8)10-2-1-9-3/h1-2,5H. The summed E-state index contributed by atoms with van der Waals surface area (Å²) in [6, 6.07) is 0. The van der Waals surface area contributed by atoms with Crippen LogP contribution in [-0.2, 0) is 0 Å². The van der Waals surface area contributed by atoms with Crippen LogP contribution in [0, 0.1) is 5.95 Å². The van der Waals surface area contributed by atoms with Crippen molar-refractivity contribution >= 4 is 0 Å². The molecule has 3 nitrogen and oxygen atoms in total. The highest BCUT2D eigenvalue weighted by molar-refractivity contribution is 5.04. The second-order valence-corrected chi connectivity index (χ2v) is 1.53. The van der Waals surface area contributed by atoms with Gasteiger partial charge in [0.2, 0.25) is 0 Å². The summed E-state index contributed by atoms with van der Waals surface area (Å²) in [5, 5.41) is 0. The first-order chi connectivity index (χ1) is 5.20. The molecule has 1 rings (SSSR count). The molecule has 0 saturated carbocycles. The van der Waals surface area contributed by atoms with Crippen LogP contribution in [0.25, 0.3) is 0 Å². The smallest absolute Gasteiger partial charge is 0.388 e. The topological polar surface area (TPSA) is 35.0 Å². The molecule has 11 heavy (non-hydrogen) atoms. The van der Waals surface area contributed by atoms with Gasteiger partial charge in [-0.25, -0.2) is 9.97 Å². The van der Waals surface area contributed by atoms with Crippen molar-refractivity contribution in [2.24, 2.45) is 0 Å². The molecule has 0 aromatic carbocycles. The molecule has 0 aliphatic rings. The Balaban J connectivity index is 2.78. The van der Waals surface area contributed by atoms with Gasteiger partial charge in [0.25, 0.3) is 11.8 Å². The quantitative estimate of drug-likeness (QED) is 0.659. The lowest BCUT2D eigenvalue weighted by Gasteiger charge is -2.01. The summed E-state index contributed by atoms with van der Waals surface area (Å²) in [7, 11) is 0. The number of alkyl halides is 2. The van der Waals surface area contributed by atoms with Crippen molar-refractivity contribution in [1.29, 1.82) is 0 Å². The number of halogens is 3. The van der Waals surface area contributed by atoms with Gasteiger partial charge in [-0.05, 0) is 0 Å². The van der Waals surface area contributed by atoms with E-state index in [0.29, 0.717) is 0 Å². The van der Waals surface area contributed by atoms with Crippen molar-refractivity contribution in [2.45, 2.75) is 6.61 Å². The normalized spacial score (nSPS) is 10.2. The Morgan fingerprint density at radius 1 is 1.27 bits per heavy atom. The van der Waals surface area contributed by atoms with Gasteiger partial charge in [-0.2, -0.15) is 13.2 Å². The van der Waals surface area contributed by atoms with Gasteiger partial charge in [-0.3, -0.25) is 0 Å². The fourth-order valence-electron chi connectivity index (χ4n) is 0.472. The second-order valence-electron chi connectivity index (χ2n) is 1.53. The molecular formula is C5H3F3N2O. The summed E-state index contributed by atoms with van der Waals surface area (Å²) in [4.78, 5) is 6.22. The molecule has 0 saturated heterocycles. The summed E-state index contributed by atoms with van der Waals surface area (Å²) in [5.41, 5.74) is 0. The van der Waals surface area contributed by atoms with Crippen LogP contribution in [0.4, 0.5) is 13.2 Å². The molecule has 0 bridgehead atoms. The fraction of sp³-hybridized carbons (Fsp3) is 0.200. The van der Waals surface area contributed by atoms with Crippen molar-refractivity contribution in [2.75, 3.05) is 0 Å². The van der Waals surface area contributed by atoms with Crippen LogP contribution in [0.5, 0.6) is 5.88 Å². The zero-order valence-electron chi connectivity index (χ0n) is 5.17. The number of hydrogen-bond acceptors (Lipinski definition) is 3. The minimum atomic E-state index is -3.08. The molecule has 6 heteroatoms. The highest BCUT2D eigenvalue weighted by Gasteiger charge is 2.10. The third kappa shape index (κ3) is 2.06. The Kier molecular flexibility index (Phi) is 2.25. The molecule has 1 heterocycles. The Bertz CT molecular complexity index is 243. The van der Waals surface area contributed by atoms with E-state index in [9.17, 15) is 13.2 Å². The third-order valence-corrected chi connectivity index (χ3v) is 0.824. The maximum atomic E-state index is 12.3. The fourth-order valence-corrected chi connectivity index (χ4v) is 0.472. The minimum Gasteiger partial charge on any atom is -0.412 e. The van der Waals surface area contributed by atoms with Crippen LogP contribution < -0.4 is 4.74 Å². The first-order valence-electron chi connectivity index (χ1n) is 2.61. The van der Waals surface area contributed by atoms with Crippen molar-refractivity contribution in [3.8, 4) is 5.88 Å². The first-order valence-corrected chi connectivity index (χ1v) is 2.61. The van der Waals surface area contributed by atoms with E-state index in [1.165, 1.54) is 0 Å². The van der Waals surface area contributed by atoms with Gasteiger partial charge in [-0.15, -0.1) is 0 Å². The van der Waals surface area contributed by atoms with Gasteiger partial charge in [0.1, 0.15) is 0 Å². The summed E-state index contributed by atoms with van der Waals surface area (Å²) in [6.07, 6.45) is 2.09. The van der Waals surface area contributed by atoms with Gasteiger partial charge in [0, 0.05) is 12.4 Å². The van der Waals surface area contributed by atoms with Crippen molar-refractivity contribution in [3.63, 3.8) is 0 Å². The van der Waals surface area contributed by atoms with E-state index in [2.05, 4.69) is 14.7 Å². The molecule has 1 aromatic heterocycles. The van der Waals surface area contributed by atoms with Crippen LogP contribution in [0.2, 0.25) is 0 Å². The molecule has 60 valence electrons. The molecule has 0 aliphatic heterocycles. The van der Waals surface area contributed by atoms with Crippen LogP contribution in [0.15, 0.2) is 12.4 Å². The van der Waals surface area contributed by atoms with Gasteiger partial charge in [0.15, 0.2) is 0 Å². The summed E-state index contributed by atoms with van der Waals surface area (Å²) >= 11 is 0.